The van der Waals surface area contributed by atoms with Gasteiger partial charge in [-0.25, -0.2) is 4.39 Å². The van der Waals surface area contributed by atoms with Crippen molar-refractivity contribution in [3.63, 3.8) is 0 Å². The fourth-order valence-electron chi connectivity index (χ4n) is 2.45. The van der Waals surface area contributed by atoms with E-state index in [9.17, 15) is 14.3 Å². The number of aliphatic hydroxyl groups is 1. The van der Waals surface area contributed by atoms with E-state index in [-0.39, 0.29) is 23.8 Å². The van der Waals surface area contributed by atoms with Crippen LogP contribution in [-0.2, 0) is 4.79 Å². The number of benzene rings is 1. The molecule has 0 saturated carbocycles. The Morgan fingerprint density at radius 3 is 2.41 bits per heavy atom. The molecule has 0 aromatic heterocycles. The summed E-state index contributed by atoms with van der Waals surface area (Å²) in [4.78, 5) is 14.2. The summed E-state index contributed by atoms with van der Waals surface area (Å²) in [5.41, 5.74) is 0.653. The van der Waals surface area contributed by atoms with Gasteiger partial charge in [0.2, 0.25) is 5.91 Å². The van der Waals surface area contributed by atoms with Gasteiger partial charge >= 0.3 is 0 Å². The lowest BCUT2D eigenvalue weighted by Crippen LogP contribution is -2.46. The first kappa shape index (κ1) is 18.6. The third kappa shape index (κ3) is 5.73. The molecule has 0 radical (unpaired) electrons. The van der Waals surface area contributed by atoms with E-state index in [4.69, 9.17) is 0 Å². The minimum Gasteiger partial charge on any atom is -0.388 e. The summed E-state index contributed by atoms with van der Waals surface area (Å²) in [6.07, 6.45) is 1.40. The maximum atomic E-state index is 12.9. The van der Waals surface area contributed by atoms with Gasteiger partial charge in [0.15, 0.2) is 0 Å². The normalized spacial score (nSPS) is 15.4. The summed E-state index contributed by atoms with van der Waals surface area (Å²) < 4.78 is 12.9. The molecule has 0 fully saturated rings. The Bertz CT molecular complexity index is 462. The number of nitrogens with one attached hydrogen (secondary N) is 1. The SMILES string of the molecule is CCCC(C(=O)NC(C)CC(O)c1ccc(F)cc1)N(C)C. The van der Waals surface area contributed by atoms with E-state index < -0.39 is 6.10 Å². The molecule has 0 bridgehead atoms. The Labute approximate surface area is 132 Å². The molecule has 124 valence electrons. The molecule has 3 unspecified atom stereocenters. The molecule has 22 heavy (non-hydrogen) atoms. The van der Waals surface area contributed by atoms with E-state index in [1.807, 2.05) is 32.8 Å². The summed E-state index contributed by atoms with van der Waals surface area (Å²) in [6, 6.07) is 5.46. The van der Waals surface area contributed by atoms with Crippen LogP contribution in [0.15, 0.2) is 24.3 Å². The number of nitrogens with zero attached hydrogens (tertiary/aromatic N) is 1. The molecule has 0 aliphatic rings. The van der Waals surface area contributed by atoms with Crippen LogP contribution in [0, 0.1) is 5.82 Å². The smallest absolute Gasteiger partial charge is 0.237 e. The van der Waals surface area contributed by atoms with Gasteiger partial charge in [0.25, 0.3) is 0 Å². The second-order valence-corrected chi connectivity index (χ2v) is 5.98. The van der Waals surface area contributed by atoms with E-state index in [0.29, 0.717) is 12.0 Å². The Morgan fingerprint density at radius 2 is 1.91 bits per heavy atom. The molecule has 1 amide bonds. The van der Waals surface area contributed by atoms with Gasteiger partial charge < -0.3 is 10.4 Å². The highest BCUT2D eigenvalue weighted by atomic mass is 19.1. The summed E-state index contributed by atoms with van der Waals surface area (Å²) in [5.74, 6) is -0.351. The molecule has 0 aliphatic heterocycles. The molecule has 1 aromatic carbocycles. The van der Waals surface area contributed by atoms with Crippen LogP contribution in [0.5, 0.6) is 0 Å². The highest BCUT2D eigenvalue weighted by molar-refractivity contribution is 5.81. The van der Waals surface area contributed by atoms with Crippen LogP contribution in [0.2, 0.25) is 0 Å². The minimum atomic E-state index is -0.722. The fraction of sp³-hybridized carbons (Fsp3) is 0.588. The van der Waals surface area contributed by atoms with E-state index in [1.165, 1.54) is 12.1 Å². The van der Waals surface area contributed by atoms with Gasteiger partial charge in [-0.15, -0.1) is 0 Å². The summed E-state index contributed by atoms with van der Waals surface area (Å²) in [6.45, 7) is 3.91. The zero-order valence-corrected chi connectivity index (χ0v) is 13.8. The maximum absolute atomic E-state index is 12.9. The topological polar surface area (TPSA) is 52.6 Å². The first-order valence-electron chi connectivity index (χ1n) is 7.75. The molecule has 4 nitrogen and oxygen atoms in total. The van der Waals surface area contributed by atoms with Crippen molar-refractivity contribution in [3.8, 4) is 0 Å². The molecule has 1 aromatic rings. The molecular formula is C17H27FN2O2. The van der Waals surface area contributed by atoms with Crippen LogP contribution in [0.3, 0.4) is 0 Å². The maximum Gasteiger partial charge on any atom is 0.237 e. The fourth-order valence-corrected chi connectivity index (χ4v) is 2.45. The number of hydrogen-bond acceptors (Lipinski definition) is 3. The Balaban J connectivity index is 2.55. The van der Waals surface area contributed by atoms with Crippen molar-refractivity contribution in [2.24, 2.45) is 0 Å². The van der Waals surface area contributed by atoms with Crippen LogP contribution in [0.25, 0.3) is 0 Å². The van der Waals surface area contributed by atoms with Gasteiger partial charge in [0.1, 0.15) is 5.82 Å². The van der Waals surface area contributed by atoms with Crippen LogP contribution in [0.4, 0.5) is 4.39 Å². The van der Waals surface area contributed by atoms with Crippen LogP contribution in [-0.4, -0.2) is 42.1 Å². The second-order valence-electron chi connectivity index (χ2n) is 5.98. The Hall–Kier alpha value is -1.46. The van der Waals surface area contributed by atoms with E-state index in [2.05, 4.69) is 5.32 Å². The molecule has 2 N–H and O–H groups in total. The lowest BCUT2D eigenvalue weighted by molar-refractivity contribution is -0.126. The first-order chi connectivity index (χ1) is 10.3. The summed E-state index contributed by atoms with van der Waals surface area (Å²) >= 11 is 0. The van der Waals surface area contributed by atoms with Crippen molar-refractivity contribution < 1.29 is 14.3 Å². The molecule has 0 saturated heterocycles. The number of amides is 1. The molecular weight excluding hydrogens is 283 g/mol. The van der Waals surface area contributed by atoms with Crippen molar-refractivity contribution in [2.75, 3.05) is 14.1 Å². The van der Waals surface area contributed by atoms with Crippen LogP contribution >= 0.6 is 0 Å². The summed E-state index contributed by atoms with van der Waals surface area (Å²) in [7, 11) is 3.77. The molecule has 0 heterocycles. The number of likely N-dealkylation sites (N-methyl/N-ethyl adjacent to an activating group) is 1. The number of carbonyl (C=O) groups excluding carboxylic acids is 1. The monoisotopic (exact) mass is 310 g/mol. The van der Waals surface area contributed by atoms with Crippen molar-refractivity contribution in [1.29, 1.82) is 0 Å². The average Bonchev–Trinajstić information content (AvgIpc) is 2.44. The van der Waals surface area contributed by atoms with Crippen molar-refractivity contribution in [2.45, 2.75) is 51.3 Å². The minimum absolute atomic E-state index is 0.0225. The number of halogens is 1. The average molecular weight is 310 g/mol. The number of hydrogen-bond donors (Lipinski definition) is 2. The van der Waals surface area contributed by atoms with Crippen molar-refractivity contribution >= 4 is 5.91 Å². The highest BCUT2D eigenvalue weighted by Gasteiger charge is 2.22. The Kier molecular flexibility index (Phi) is 7.48. The predicted molar refractivity (Wildman–Crippen MR) is 86.0 cm³/mol. The third-order valence-corrected chi connectivity index (χ3v) is 3.71. The molecule has 3 atom stereocenters. The van der Waals surface area contributed by atoms with Gasteiger partial charge in [-0.3, -0.25) is 9.69 Å². The van der Waals surface area contributed by atoms with Gasteiger partial charge in [0, 0.05) is 6.04 Å². The second kappa shape index (κ2) is 8.86. The van der Waals surface area contributed by atoms with Crippen molar-refractivity contribution in [1.82, 2.24) is 10.2 Å². The van der Waals surface area contributed by atoms with E-state index >= 15 is 0 Å². The molecule has 0 spiro atoms. The number of aliphatic hydroxyl groups excluding tert-OH is 1. The first-order valence-corrected chi connectivity index (χ1v) is 7.75. The lowest BCUT2D eigenvalue weighted by Gasteiger charge is -2.26. The third-order valence-electron chi connectivity index (χ3n) is 3.71. The van der Waals surface area contributed by atoms with Gasteiger partial charge in [-0.1, -0.05) is 25.5 Å². The van der Waals surface area contributed by atoms with Crippen molar-refractivity contribution in [3.05, 3.63) is 35.6 Å². The zero-order valence-electron chi connectivity index (χ0n) is 13.8. The largest absolute Gasteiger partial charge is 0.388 e. The Morgan fingerprint density at radius 1 is 1.32 bits per heavy atom. The lowest BCUT2D eigenvalue weighted by atomic mass is 10.0. The molecule has 1 rings (SSSR count). The van der Waals surface area contributed by atoms with Gasteiger partial charge in [0.05, 0.1) is 12.1 Å². The quantitative estimate of drug-likeness (QED) is 0.775. The predicted octanol–water partition coefficient (Wildman–Crippen LogP) is 2.48. The van der Waals surface area contributed by atoms with Gasteiger partial charge in [-0.05, 0) is 51.6 Å². The highest BCUT2D eigenvalue weighted by Crippen LogP contribution is 2.18. The molecule has 0 aliphatic carbocycles. The number of rotatable bonds is 8. The van der Waals surface area contributed by atoms with Crippen LogP contribution in [0.1, 0.15) is 44.8 Å². The number of carbonyl (C=O) groups is 1. The van der Waals surface area contributed by atoms with E-state index in [1.54, 1.807) is 12.1 Å². The molecule has 5 heteroatoms. The standard InChI is InChI=1S/C17H27FN2O2/c1-5-6-15(20(3)4)17(22)19-12(2)11-16(21)13-7-9-14(18)10-8-13/h7-10,12,15-16,21H,5-6,11H2,1-4H3,(H,19,22). The summed E-state index contributed by atoms with van der Waals surface area (Å²) in [5, 5.41) is 13.1. The van der Waals surface area contributed by atoms with Crippen LogP contribution < -0.4 is 5.32 Å². The van der Waals surface area contributed by atoms with E-state index in [0.717, 1.165) is 12.8 Å². The van der Waals surface area contributed by atoms with Gasteiger partial charge in [-0.2, -0.15) is 0 Å². The zero-order chi connectivity index (χ0) is 16.7.